The predicted molar refractivity (Wildman–Crippen MR) is 126 cm³/mol. The summed E-state index contributed by atoms with van der Waals surface area (Å²) in [7, 11) is 0. The van der Waals surface area contributed by atoms with Crippen molar-refractivity contribution in [3.8, 4) is 11.1 Å². The number of hydrogen-bond donors (Lipinski definition) is 3. The Morgan fingerprint density at radius 2 is 1.59 bits per heavy atom. The van der Waals surface area contributed by atoms with E-state index < -0.39 is 23.6 Å². The van der Waals surface area contributed by atoms with Gasteiger partial charge in [-0.05, 0) is 60.3 Å². The van der Waals surface area contributed by atoms with Crippen LogP contribution < -0.4 is 10.6 Å². The lowest BCUT2D eigenvalue weighted by Gasteiger charge is -2.43. The summed E-state index contributed by atoms with van der Waals surface area (Å²) in [6.07, 6.45) is 4.20. The maximum atomic E-state index is 13.1. The Morgan fingerprint density at radius 3 is 2.09 bits per heavy atom. The highest BCUT2D eigenvalue weighted by Crippen LogP contribution is 2.44. The van der Waals surface area contributed by atoms with Crippen LogP contribution in [-0.4, -0.2) is 41.3 Å². The number of hydrogen-bond acceptors (Lipinski definition) is 4. The standard InChI is InChI=1S/C27H30N2O5/c30-23(31)15-27(13-6-14-27)29-25(32)24(17-7-5-8-17)28-26(33)34-16-22-20-11-3-1-9-18(20)19-10-2-4-12-21(19)22/h1-4,9-12,17,22,24H,5-8,13-16H2,(H,28,33)(H,29,32)(H,30,31). The number of alkyl carbamates (subject to hydrolysis) is 1. The number of benzene rings is 2. The van der Waals surface area contributed by atoms with E-state index in [4.69, 9.17) is 4.74 Å². The number of carbonyl (C=O) groups is 3. The van der Waals surface area contributed by atoms with Crippen molar-refractivity contribution in [1.29, 1.82) is 0 Å². The van der Waals surface area contributed by atoms with Gasteiger partial charge in [-0.2, -0.15) is 0 Å². The lowest BCUT2D eigenvalue weighted by Crippen LogP contribution is -2.61. The van der Waals surface area contributed by atoms with Gasteiger partial charge in [0.15, 0.2) is 0 Å². The monoisotopic (exact) mass is 462 g/mol. The van der Waals surface area contributed by atoms with Crippen molar-refractivity contribution in [2.75, 3.05) is 6.61 Å². The van der Waals surface area contributed by atoms with Crippen molar-refractivity contribution in [1.82, 2.24) is 10.6 Å². The van der Waals surface area contributed by atoms with Gasteiger partial charge >= 0.3 is 12.1 Å². The van der Waals surface area contributed by atoms with Crippen LogP contribution in [0, 0.1) is 5.92 Å². The number of rotatable bonds is 8. The summed E-state index contributed by atoms with van der Waals surface area (Å²) < 4.78 is 5.65. The Hall–Kier alpha value is -3.35. The number of carboxylic acid groups (broad SMARTS) is 1. The molecule has 0 bridgehead atoms. The summed E-state index contributed by atoms with van der Waals surface area (Å²) in [5.74, 6) is -1.24. The van der Waals surface area contributed by atoms with Crippen LogP contribution in [-0.2, 0) is 14.3 Å². The lowest BCUT2D eigenvalue weighted by atomic mass is 9.73. The van der Waals surface area contributed by atoms with Crippen LogP contribution in [0.15, 0.2) is 48.5 Å². The molecule has 3 aliphatic rings. The Morgan fingerprint density at radius 1 is 0.971 bits per heavy atom. The quantitative estimate of drug-likeness (QED) is 0.545. The zero-order valence-electron chi connectivity index (χ0n) is 19.1. The van der Waals surface area contributed by atoms with Gasteiger partial charge in [0.1, 0.15) is 12.6 Å². The average molecular weight is 463 g/mol. The highest BCUT2D eigenvalue weighted by atomic mass is 16.5. The Labute approximate surface area is 198 Å². The summed E-state index contributed by atoms with van der Waals surface area (Å²) >= 11 is 0. The van der Waals surface area contributed by atoms with E-state index in [1.807, 2.05) is 24.3 Å². The number of aliphatic carboxylic acids is 1. The van der Waals surface area contributed by atoms with Crippen LogP contribution in [0.5, 0.6) is 0 Å². The van der Waals surface area contributed by atoms with Gasteiger partial charge in [-0.3, -0.25) is 9.59 Å². The first-order chi connectivity index (χ1) is 16.5. The molecule has 1 atom stereocenters. The molecule has 0 spiro atoms. The minimum atomic E-state index is -0.926. The van der Waals surface area contributed by atoms with Crippen LogP contribution in [0.3, 0.4) is 0 Å². The second-order valence-corrected chi connectivity index (χ2v) is 9.83. The van der Waals surface area contributed by atoms with Crippen LogP contribution >= 0.6 is 0 Å². The molecule has 0 saturated heterocycles. The molecule has 0 radical (unpaired) electrons. The molecule has 7 heteroatoms. The smallest absolute Gasteiger partial charge is 0.407 e. The van der Waals surface area contributed by atoms with Crippen molar-refractivity contribution < 1.29 is 24.2 Å². The molecule has 0 aliphatic heterocycles. The molecule has 2 fully saturated rings. The number of ether oxygens (including phenoxy) is 1. The van der Waals surface area contributed by atoms with Gasteiger partial charge in [-0.1, -0.05) is 55.0 Å². The minimum absolute atomic E-state index is 0.0439. The highest BCUT2D eigenvalue weighted by Gasteiger charge is 2.43. The van der Waals surface area contributed by atoms with Gasteiger partial charge < -0.3 is 20.5 Å². The van der Waals surface area contributed by atoms with Crippen LogP contribution in [0.1, 0.15) is 62.0 Å². The molecular weight excluding hydrogens is 432 g/mol. The molecule has 2 aromatic carbocycles. The third kappa shape index (κ3) is 4.27. The van der Waals surface area contributed by atoms with Gasteiger partial charge in [-0.15, -0.1) is 0 Å². The van der Waals surface area contributed by atoms with Crippen molar-refractivity contribution in [3.63, 3.8) is 0 Å². The zero-order valence-corrected chi connectivity index (χ0v) is 19.1. The van der Waals surface area contributed by atoms with Crippen LogP contribution in [0.4, 0.5) is 4.79 Å². The molecule has 0 aromatic heterocycles. The average Bonchev–Trinajstić information content (AvgIpc) is 3.08. The third-order valence-corrected chi connectivity index (χ3v) is 7.71. The maximum Gasteiger partial charge on any atom is 0.407 e. The second-order valence-electron chi connectivity index (χ2n) is 9.83. The summed E-state index contributed by atoms with van der Waals surface area (Å²) in [4.78, 5) is 37.2. The lowest BCUT2D eigenvalue weighted by molar-refractivity contribution is -0.140. The van der Waals surface area contributed by atoms with E-state index in [0.717, 1.165) is 47.9 Å². The fourth-order valence-electron chi connectivity index (χ4n) is 5.52. The molecule has 0 heterocycles. The predicted octanol–water partition coefficient (Wildman–Crippen LogP) is 4.21. The highest BCUT2D eigenvalue weighted by molar-refractivity contribution is 5.87. The van der Waals surface area contributed by atoms with E-state index >= 15 is 0 Å². The van der Waals surface area contributed by atoms with Gasteiger partial charge in [0.05, 0.1) is 12.0 Å². The first-order valence-electron chi connectivity index (χ1n) is 12.1. The molecule has 2 amide bonds. The minimum Gasteiger partial charge on any atom is -0.481 e. The fourth-order valence-corrected chi connectivity index (χ4v) is 5.52. The summed E-state index contributed by atoms with van der Waals surface area (Å²) in [6.45, 7) is 0.182. The third-order valence-electron chi connectivity index (χ3n) is 7.71. The maximum absolute atomic E-state index is 13.1. The van der Waals surface area contributed by atoms with Gasteiger partial charge in [0.25, 0.3) is 0 Å². The first kappa shape index (κ1) is 22.4. The summed E-state index contributed by atoms with van der Waals surface area (Å²) in [5.41, 5.74) is 3.87. The number of carbonyl (C=O) groups excluding carboxylic acids is 2. The molecule has 2 aromatic rings. The zero-order chi connectivity index (χ0) is 23.7. The van der Waals surface area contributed by atoms with E-state index in [9.17, 15) is 19.5 Å². The van der Waals surface area contributed by atoms with Crippen molar-refractivity contribution in [3.05, 3.63) is 59.7 Å². The number of amides is 2. The fraction of sp³-hybridized carbons (Fsp3) is 0.444. The van der Waals surface area contributed by atoms with E-state index in [2.05, 4.69) is 34.9 Å². The van der Waals surface area contributed by atoms with Gasteiger partial charge in [0, 0.05) is 5.92 Å². The van der Waals surface area contributed by atoms with Crippen LogP contribution in [0.2, 0.25) is 0 Å². The molecule has 7 nitrogen and oxygen atoms in total. The normalized spacial score (nSPS) is 19.1. The molecule has 3 aliphatic carbocycles. The second kappa shape index (κ2) is 9.12. The number of fused-ring (bicyclic) bond motifs is 3. The van der Waals surface area contributed by atoms with Gasteiger partial charge in [0.2, 0.25) is 5.91 Å². The molecule has 3 N–H and O–H groups in total. The molecule has 2 saturated carbocycles. The Bertz CT molecular complexity index is 1060. The largest absolute Gasteiger partial charge is 0.481 e. The first-order valence-corrected chi connectivity index (χ1v) is 12.1. The van der Waals surface area contributed by atoms with E-state index in [1.165, 1.54) is 0 Å². The molecule has 5 rings (SSSR count). The Balaban J connectivity index is 1.24. The molecule has 34 heavy (non-hydrogen) atoms. The SMILES string of the molecule is O=C(O)CC1(NC(=O)C(NC(=O)OCC2c3ccccc3-c3ccccc32)C2CCC2)CCC1. The number of carboxylic acids is 1. The Kier molecular flexibility index (Phi) is 6.02. The van der Waals surface area contributed by atoms with E-state index in [0.29, 0.717) is 12.8 Å². The van der Waals surface area contributed by atoms with E-state index in [-0.39, 0.29) is 30.8 Å². The summed E-state index contributed by atoms with van der Waals surface area (Å²) in [5, 5.41) is 15.0. The number of nitrogens with one attached hydrogen (secondary N) is 2. The molecule has 178 valence electrons. The van der Waals surface area contributed by atoms with Gasteiger partial charge in [-0.25, -0.2) is 4.79 Å². The van der Waals surface area contributed by atoms with Crippen molar-refractivity contribution >= 4 is 18.0 Å². The van der Waals surface area contributed by atoms with Crippen molar-refractivity contribution in [2.24, 2.45) is 5.92 Å². The van der Waals surface area contributed by atoms with Crippen LogP contribution in [0.25, 0.3) is 11.1 Å². The molecular formula is C27H30N2O5. The molecule has 1 unspecified atom stereocenters. The van der Waals surface area contributed by atoms with Crippen molar-refractivity contribution in [2.45, 2.75) is 62.4 Å². The summed E-state index contributed by atoms with van der Waals surface area (Å²) in [6, 6.07) is 15.6. The van der Waals surface area contributed by atoms with E-state index in [1.54, 1.807) is 0 Å². The topological polar surface area (TPSA) is 105 Å².